The Kier molecular flexibility index (Phi) is 4.36. The van der Waals surface area contributed by atoms with Crippen LogP contribution in [0.5, 0.6) is 0 Å². The smallest absolute Gasteiger partial charge is 0.0858 e. The molecular formula is C16H22N2OS. The number of thiophene rings is 1. The summed E-state index contributed by atoms with van der Waals surface area (Å²) >= 11 is 1.83. The van der Waals surface area contributed by atoms with E-state index in [4.69, 9.17) is 4.74 Å². The zero-order valence-electron chi connectivity index (χ0n) is 12.1. The van der Waals surface area contributed by atoms with Crippen molar-refractivity contribution in [1.29, 1.82) is 0 Å². The van der Waals surface area contributed by atoms with Crippen molar-refractivity contribution >= 4 is 21.4 Å². The molecule has 1 aliphatic heterocycles. The van der Waals surface area contributed by atoms with Crippen LogP contribution in [0.1, 0.15) is 5.56 Å². The summed E-state index contributed by atoms with van der Waals surface area (Å²) in [6.45, 7) is 2.88. The fourth-order valence-corrected chi connectivity index (χ4v) is 3.88. The quantitative estimate of drug-likeness (QED) is 0.935. The third-order valence-electron chi connectivity index (χ3n) is 4.12. The van der Waals surface area contributed by atoms with E-state index in [1.807, 2.05) is 18.4 Å². The van der Waals surface area contributed by atoms with Gasteiger partial charge in [-0.25, -0.2) is 0 Å². The van der Waals surface area contributed by atoms with E-state index in [0.29, 0.717) is 6.04 Å². The van der Waals surface area contributed by atoms with Gasteiger partial charge in [-0.1, -0.05) is 18.2 Å². The average Bonchev–Trinajstić information content (AvgIpc) is 2.88. The van der Waals surface area contributed by atoms with E-state index in [1.54, 1.807) is 0 Å². The number of morpholine rings is 1. The fraction of sp³-hybridized carbons (Fsp3) is 0.500. The number of hydrogen-bond acceptors (Lipinski definition) is 4. The first-order valence-corrected chi connectivity index (χ1v) is 8.08. The summed E-state index contributed by atoms with van der Waals surface area (Å²) in [5, 5.41) is 7.13. The van der Waals surface area contributed by atoms with Crippen LogP contribution in [0.4, 0.5) is 0 Å². The Morgan fingerprint density at radius 2 is 2.30 bits per heavy atom. The third-order valence-corrected chi connectivity index (χ3v) is 5.13. The molecule has 2 heterocycles. The van der Waals surface area contributed by atoms with Crippen molar-refractivity contribution in [2.75, 3.05) is 33.8 Å². The molecule has 1 N–H and O–H groups in total. The molecule has 3 nitrogen and oxygen atoms in total. The second-order valence-electron chi connectivity index (χ2n) is 5.53. The lowest BCUT2D eigenvalue weighted by Gasteiger charge is -2.35. The van der Waals surface area contributed by atoms with Gasteiger partial charge >= 0.3 is 0 Å². The SMILES string of the molecule is CNC(Cc1csc2ccccc12)C1CN(C)CCO1. The van der Waals surface area contributed by atoms with Crippen LogP contribution in [0.2, 0.25) is 0 Å². The fourth-order valence-electron chi connectivity index (χ4n) is 2.90. The lowest BCUT2D eigenvalue weighted by molar-refractivity contribution is -0.0371. The molecule has 0 radical (unpaired) electrons. The Bertz CT molecular complexity index is 568. The van der Waals surface area contributed by atoms with E-state index in [0.717, 1.165) is 26.1 Å². The monoisotopic (exact) mass is 290 g/mol. The van der Waals surface area contributed by atoms with Gasteiger partial charge in [0.25, 0.3) is 0 Å². The van der Waals surface area contributed by atoms with Crippen LogP contribution in [0.25, 0.3) is 10.1 Å². The van der Waals surface area contributed by atoms with Crippen LogP contribution in [-0.4, -0.2) is 50.8 Å². The number of nitrogens with zero attached hydrogens (tertiary/aromatic N) is 1. The van der Waals surface area contributed by atoms with E-state index >= 15 is 0 Å². The van der Waals surface area contributed by atoms with E-state index in [-0.39, 0.29) is 6.10 Å². The van der Waals surface area contributed by atoms with Gasteiger partial charge in [0.05, 0.1) is 12.7 Å². The van der Waals surface area contributed by atoms with E-state index in [2.05, 4.69) is 46.9 Å². The summed E-state index contributed by atoms with van der Waals surface area (Å²) in [5.41, 5.74) is 1.43. The Morgan fingerprint density at radius 1 is 1.45 bits per heavy atom. The second-order valence-corrected chi connectivity index (χ2v) is 6.44. The highest BCUT2D eigenvalue weighted by Crippen LogP contribution is 2.27. The van der Waals surface area contributed by atoms with Crippen molar-refractivity contribution in [3.8, 4) is 0 Å². The molecule has 20 heavy (non-hydrogen) atoms. The molecule has 2 aromatic rings. The standard InChI is InChI=1S/C16H22N2OS/c1-17-14(15-10-18(2)7-8-19-15)9-12-11-20-16-6-4-3-5-13(12)16/h3-6,11,14-15,17H,7-10H2,1-2H3. The number of ether oxygens (including phenoxy) is 1. The highest BCUT2D eigenvalue weighted by molar-refractivity contribution is 7.17. The zero-order chi connectivity index (χ0) is 13.9. The maximum Gasteiger partial charge on any atom is 0.0858 e. The van der Waals surface area contributed by atoms with Crippen molar-refractivity contribution in [1.82, 2.24) is 10.2 Å². The Labute approximate surface area is 124 Å². The van der Waals surface area contributed by atoms with Crippen molar-refractivity contribution in [2.24, 2.45) is 0 Å². The van der Waals surface area contributed by atoms with Gasteiger partial charge in [0.1, 0.15) is 0 Å². The van der Waals surface area contributed by atoms with E-state index in [1.165, 1.54) is 15.6 Å². The summed E-state index contributed by atoms with van der Waals surface area (Å²) in [5.74, 6) is 0. The molecule has 1 saturated heterocycles. The van der Waals surface area contributed by atoms with E-state index < -0.39 is 0 Å². The first-order chi connectivity index (χ1) is 9.78. The molecule has 108 valence electrons. The molecular weight excluding hydrogens is 268 g/mol. The van der Waals surface area contributed by atoms with Crippen LogP contribution < -0.4 is 5.32 Å². The van der Waals surface area contributed by atoms with Gasteiger partial charge in [-0.05, 0) is 42.9 Å². The first-order valence-electron chi connectivity index (χ1n) is 7.20. The predicted molar refractivity (Wildman–Crippen MR) is 85.6 cm³/mol. The number of likely N-dealkylation sites (N-methyl/N-ethyl adjacent to an activating group) is 2. The molecule has 2 atom stereocenters. The Morgan fingerprint density at radius 3 is 3.10 bits per heavy atom. The molecule has 1 aromatic carbocycles. The van der Waals surface area contributed by atoms with E-state index in [9.17, 15) is 0 Å². The topological polar surface area (TPSA) is 24.5 Å². The third kappa shape index (κ3) is 2.88. The summed E-state index contributed by atoms with van der Waals surface area (Å²) in [6.07, 6.45) is 1.30. The second kappa shape index (κ2) is 6.22. The lowest BCUT2D eigenvalue weighted by Crippen LogP contribution is -2.51. The lowest BCUT2D eigenvalue weighted by atomic mass is 10.00. The van der Waals surface area contributed by atoms with Crippen molar-refractivity contribution in [3.63, 3.8) is 0 Å². The van der Waals surface area contributed by atoms with Gasteiger partial charge in [-0.2, -0.15) is 0 Å². The Hall–Kier alpha value is -0.940. The molecule has 3 rings (SSSR count). The van der Waals surface area contributed by atoms with Gasteiger partial charge < -0.3 is 15.0 Å². The number of rotatable bonds is 4. The Balaban J connectivity index is 1.77. The van der Waals surface area contributed by atoms with Gasteiger partial charge in [0.2, 0.25) is 0 Å². The van der Waals surface area contributed by atoms with Crippen LogP contribution in [0, 0.1) is 0 Å². The zero-order valence-corrected chi connectivity index (χ0v) is 13.0. The number of fused-ring (bicyclic) bond motifs is 1. The average molecular weight is 290 g/mol. The molecule has 0 bridgehead atoms. The van der Waals surface area contributed by atoms with Gasteiger partial charge in [0, 0.05) is 23.8 Å². The largest absolute Gasteiger partial charge is 0.374 e. The van der Waals surface area contributed by atoms with Crippen LogP contribution >= 0.6 is 11.3 Å². The minimum atomic E-state index is 0.275. The molecule has 1 aliphatic rings. The van der Waals surface area contributed by atoms with Crippen molar-refractivity contribution in [2.45, 2.75) is 18.6 Å². The molecule has 0 aliphatic carbocycles. The highest BCUT2D eigenvalue weighted by atomic mass is 32.1. The number of hydrogen-bond donors (Lipinski definition) is 1. The van der Waals surface area contributed by atoms with Gasteiger partial charge in [0.15, 0.2) is 0 Å². The van der Waals surface area contributed by atoms with Crippen LogP contribution in [0.15, 0.2) is 29.6 Å². The summed E-state index contributed by atoms with van der Waals surface area (Å²) in [4.78, 5) is 2.35. The highest BCUT2D eigenvalue weighted by Gasteiger charge is 2.26. The molecule has 0 amide bonds. The maximum absolute atomic E-state index is 5.96. The van der Waals surface area contributed by atoms with Gasteiger partial charge in [-0.15, -0.1) is 11.3 Å². The molecule has 2 unspecified atom stereocenters. The van der Waals surface area contributed by atoms with Crippen molar-refractivity contribution in [3.05, 3.63) is 35.2 Å². The number of benzene rings is 1. The first kappa shape index (κ1) is 14.0. The minimum absolute atomic E-state index is 0.275. The normalized spacial score (nSPS) is 22.2. The summed E-state index contributed by atoms with van der Waals surface area (Å²) in [6, 6.07) is 9.02. The molecule has 0 spiro atoms. The number of nitrogens with one attached hydrogen (secondary N) is 1. The molecule has 1 fully saturated rings. The molecule has 4 heteroatoms. The van der Waals surface area contributed by atoms with Crippen LogP contribution in [-0.2, 0) is 11.2 Å². The summed E-state index contributed by atoms with van der Waals surface area (Å²) < 4.78 is 7.34. The summed E-state index contributed by atoms with van der Waals surface area (Å²) in [7, 11) is 4.21. The maximum atomic E-state index is 5.96. The van der Waals surface area contributed by atoms with Crippen LogP contribution in [0.3, 0.4) is 0 Å². The van der Waals surface area contributed by atoms with Gasteiger partial charge in [-0.3, -0.25) is 0 Å². The van der Waals surface area contributed by atoms with Crippen molar-refractivity contribution < 1.29 is 4.74 Å². The molecule has 1 aromatic heterocycles. The predicted octanol–water partition coefficient (Wildman–Crippen LogP) is 2.36. The molecule has 0 saturated carbocycles. The minimum Gasteiger partial charge on any atom is -0.374 e.